The predicted molar refractivity (Wildman–Crippen MR) is 72.7 cm³/mol. The molecule has 0 N–H and O–H groups in total. The summed E-state index contributed by atoms with van der Waals surface area (Å²) < 4.78 is 11.4. The second kappa shape index (κ2) is 5.17. The smallest absolute Gasteiger partial charge is 0.157 e. The Balaban J connectivity index is 1.47. The lowest BCUT2D eigenvalue weighted by atomic mass is 9.45. The molecule has 4 fully saturated rings. The molecule has 3 saturated carbocycles. The number of ketones is 1. The van der Waals surface area contributed by atoms with Crippen LogP contribution in [-0.4, -0.2) is 25.3 Å². The first-order valence-corrected chi connectivity index (χ1v) is 7.85. The summed E-state index contributed by atoms with van der Waals surface area (Å²) in [6.45, 7) is 6.16. The fourth-order valence-corrected chi connectivity index (χ4v) is 4.24. The first kappa shape index (κ1) is 13.6. The van der Waals surface area contributed by atoms with Crippen LogP contribution in [0.4, 0.5) is 0 Å². The maximum Gasteiger partial charge on any atom is 0.157 e. The average molecular weight is 266 g/mol. The van der Waals surface area contributed by atoms with Gasteiger partial charge in [0, 0.05) is 18.9 Å². The van der Waals surface area contributed by atoms with E-state index in [1.807, 2.05) is 0 Å². The fraction of sp³-hybridized carbons (Fsp3) is 0.938. The molecule has 108 valence electrons. The van der Waals surface area contributed by atoms with Gasteiger partial charge in [-0.3, -0.25) is 4.79 Å². The highest BCUT2D eigenvalue weighted by atomic mass is 16.7. The average Bonchev–Trinajstić information content (AvgIpc) is 2.41. The molecule has 1 aliphatic heterocycles. The zero-order chi connectivity index (χ0) is 13.5. The van der Waals surface area contributed by atoms with Crippen molar-refractivity contribution in [3.05, 3.63) is 0 Å². The molecule has 3 heteroatoms. The lowest BCUT2D eigenvalue weighted by Gasteiger charge is -2.59. The minimum Gasteiger partial charge on any atom is -0.353 e. The summed E-state index contributed by atoms with van der Waals surface area (Å²) in [5.74, 6) is 1.95. The van der Waals surface area contributed by atoms with E-state index in [-0.39, 0.29) is 12.2 Å². The standard InChI is InChI=1S/C16H26O3/c1-16(2)11-9-13(16)12(14(17)10-11)6-8-19-15-5-3-4-7-18-15/h11-13,15H,3-10H2,1-2H3/t11?,12-,13?,15?/m1/s1. The molecule has 3 unspecified atom stereocenters. The Morgan fingerprint density at radius 2 is 2.21 bits per heavy atom. The number of Topliss-reactive ketones (excluding diaryl/α,β-unsaturated/α-hetero) is 1. The molecule has 3 nitrogen and oxygen atoms in total. The Morgan fingerprint density at radius 1 is 1.37 bits per heavy atom. The maximum absolute atomic E-state index is 12.1. The lowest BCUT2D eigenvalue weighted by Crippen LogP contribution is -2.56. The number of ether oxygens (including phenoxy) is 2. The van der Waals surface area contributed by atoms with E-state index in [0.717, 1.165) is 32.3 Å². The van der Waals surface area contributed by atoms with Crippen molar-refractivity contribution in [3.63, 3.8) is 0 Å². The van der Waals surface area contributed by atoms with Crippen molar-refractivity contribution in [1.29, 1.82) is 0 Å². The van der Waals surface area contributed by atoms with Gasteiger partial charge >= 0.3 is 0 Å². The van der Waals surface area contributed by atoms with Gasteiger partial charge in [0.05, 0.1) is 6.61 Å². The number of carbonyl (C=O) groups excluding carboxylic acids is 1. The van der Waals surface area contributed by atoms with Gasteiger partial charge in [-0.15, -0.1) is 0 Å². The normalized spacial score (nSPS) is 40.8. The molecule has 1 heterocycles. The number of hydrogen-bond acceptors (Lipinski definition) is 3. The van der Waals surface area contributed by atoms with Crippen LogP contribution in [0.15, 0.2) is 0 Å². The van der Waals surface area contributed by atoms with E-state index >= 15 is 0 Å². The third-order valence-electron chi connectivity index (χ3n) is 5.76. The quantitative estimate of drug-likeness (QED) is 0.784. The van der Waals surface area contributed by atoms with Gasteiger partial charge in [0.2, 0.25) is 0 Å². The van der Waals surface area contributed by atoms with Crippen LogP contribution in [0.25, 0.3) is 0 Å². The molecule has 0 amide bonds. The second-order valence-corrected chi connectivity index (χ2v) is 7.09. The molecule has 0 aromatic rings. The maximum atomic E-state index is 12.1. The molecule has 0 aromatic heterocycles. The van der Waals surface area contributed by atoms with Crippen LogP contribution in [-0.2, 0) is 14.3 Å². The van der Waals surface area contributed by atoms with Crippen molar-refractivity contribution >= 4 is 5.78 Å². The van der Waals surface area contributed by atoms with E-state index in [2.05, 4.69) is 13.8 Å². The Morgan fingerprint density at radius 3 is 2.89 bits per heavy atom. The minimum atomic E-state index is -0.0189. The molecule has 1 saturated heterocycles. The van der Waals surface area contributed by atoms with Crippen LogP contribution in [0, 0.1) is 23.2 Å². The largest absolute Gasteiger partial charge is 0.353 e. The predicted octanol–water partition coefficient (Wildman–Crippen LogP) is 3.17. The van der Waals surface area contributed by atoms with E-state index in [4.69, 9.17) is 9.47 Å². The van der Waals surface area contributed by atoms with Crippen LogP contribution < -0.4 is 0 Å². The fourth-order valence-electron chi connectivity index (χ4n) is 4.24. The Kier molecular flexibility index (Phi) is 3.69. The van der Waals surface area contributed by atoms with Crippen molar-refractivity contribution in [2.75, 3.05) is 13.2 Å². The monoisotopic (exact) mass is 266 g/mol. The molecule has 0 aromatic carbocycles. The van der Waals surface area contributed by atoms with E-state index in [9.17, 15) is 4.79 Å². The first-order chi connectivity index (χ1) is 9.09. The number of carbonyl (C=O) groups is 1. The molecule has 4 atom stereocenters. The molecule has 4 rings (SSSR count). The van der Waals surface area contributed by atoms with Gasteiger partial charge in [-0.2, -0.15) is 0 Å². The van der Waals surface area contributed by atoms with E-state index in [1.54, 1.807) is 0 Å². The molecule has 4 aliphatic rings. The Labute approximate surface area is 116 Å². The van der Waals surface area contributed by atoms with Gasteiger partial charge in [0.1, 0.15) is 5.78 Å². The topological polar surface area (TPSA) is 35.5 Å². The summed E-state index contributed by atoms with van der Waals surface area (Å²) in [4.78, 5) is 12.1. The molecule has 3 aliphatic carbocycles. The Hall–Kier alpha value is -0.410. The van der Waals surface area contributed by atoms with Crippen LogP contribution >= 0.6 is 0 Å². The summed E-state index contributed by atoms with van der Waals surface area (Å²) in [5.41, 5.74) is 0.375. The summed E-state index contributed by atoms with van der Waals surface area (Å²) in [6, 6.07) is 0. The summed E-state index contributed by atoms with van der Waals surface area (Å²) in [7, 11) is 0. The highest BCUT2D eigenvalue weighted by molar-refractivity contribution is 5.83. The summed E-state index contributed by atoms with van der Waals surface area (Å²) >= 11 is 0. The van der Waals surface area contributed by atoms with Gasteiger partial charge < -0.3 is 9.47 Å². The molecule has 2 bridgehead atoms. The lowest BCUT2D eigenvalue weighted by molar-refractivity contribution is -0.175. The zero-order valence-electron chi connectivity index (χ0n) is 12.2. The van der Waals surface area contributed by atoms with Gasteiger partial charge in [0.25, 0.3) is 0 Å². The van der Waals surface area contributed by atoms with Gasteiger partial charge in [0.15, 0.2) is 6.29 Å². The second-order valence-electron chi connectivity index (χ2n) is 7.09. The van der Waals surface area contributed by atoms with E-state index < -0.39 is 0 Å². The van der Waals surface area contributed by atoms with E-state index in [1.165, 1.54) is 12.8 Å². The van der Waals surface area contributed by atoms with Crippen molar-refractivity contribution in [2.24, 2.45) is 23.2 Å². The summed E-state index contributed by atoms with van der Waals surface area (Å²) in [6.07, 6.45) is 6.28. The van der Waals surface area contributed by atoms with Crippen molar-refractivity contribution in [3.8, 4) is 0 Å². The highest BCUT2D eigenvalue weighted by Crippen LogP contribution is 2.60. The van der Waals surface area contributed by atoms with Gasteiger partial charge in [-0.1, -0.05) is 13.8 Å². The highest BCUT2D eigenvalue weighted by Gasteiger charge is 2.57. The van der Waals surface area contributed by atoms with Crippen LogP contribution in [0.3, 0.4) is 0 Å². The zero-order valence-corrected chi connectivity index (χ0v) is 12.2. The van der Waals surface area contributed by atoms with Gasteiger partial charge in [-0.05, 0) is 49.4 Å². The van der Waals surface area contributed by atoms with Crippen LogP contribution in [0.5, 0.6) is 0 Å². The van der Waals surface area contributed by atoms with Crippen LogP contribution in [0.2, 0.25) is 0 Å². The molecule has 0 radical (unpaired) electrons. The number of hydrogen-bond donors (Lipinski definition) is 0. The van der Waals surface area contributed by atoms with Gasteiger partial charge in [-0.25, -0.2) is 0 Å². The number of rotatable bonds is 4. The Bertz CT molecular complexity index is 344. The first-order valence-electron chi connectivity index (χ1n) is 7.85. The molecule has 19 heavy (non-hydrogen) atoms. The molecular formula is C16H26O3. The van der Waals surface area contributed by atoms with Crippen molar-refractivity contribution in [2.45, 2.75) is 58.7 Å². The van der Waals surface area contributed by atoms with Crippen molar-refractivity contribution < 1.29 is 14.3 Å². The van der Waals surface area contributed by atoms with Crippen molar-refractivity contribution in [1.82, 2.24) is 0 Å². The number of fused-ring (bicyclic) bond motifs is 2. The molecule has 0 spiro atoms. The van der Waals surface area contributed by atoms with E-state index in [0.29, 0.717) is 29.6 Å². The molecular weight excluding hydrogens is 240 g/mol. The third-order valence-corrected chi connectivity index (χ3v) is 5.76. The minimum absolute atomic E-state index is 0.0189. The SMILES string of the molecule is CC1(C)C2CC(=O)[C@H](CCOC3CCCCO3)C1C2. The third kappa shape index (κ3) is 2.47. The van der Waals surface area contributed by atoms with Crippen LogP contribution in [0.1, 0.15) is 52.4 Å². The summed E-state index contributed by atoms with van der Waals surface area (Å²) in [5, 5.41) is 0.